The van der Waals surface area contributed by atoms with Crippen LogP contribution in [0.5, 0.6) is 11.5 Å². The van der Waals surface area contributed by atoms with Crippen LogP contribution in [-0.2, 0) is 6.61 Å². The van der Waals surface area contributed by atoms with Gasteiger partial charge in [0.25, 0.3) is 5.89 Å². The number of aromatic nitrogens is 2. The maximum atomic E-state index is 5.89. The minimum absolute atomic E-state index is 0.170. The molecule has 23 heavy (non-hydrogen) atoms. The van der Waals surface area contributed by atoms with Crippen molar-refractivity contribution < 1.29 is 13.9 Å². The summed E-state index contributed by atoms with van der Waals surface area (Å²) in [6, 6.07) is 12.7. The predicted octanol–water partition coefficient (Wildman–Crippen LogP) is 4.74. The number of hydrogen-bond donors (Lipinski definition) is 0. The Bertz CT molecular complexity index is 805. The van der Waals surface area contributed by atoms with Gasteiger partial charge in [-0.15, -0.1) is 10.2 Å². The summed E-state index contributed by atoms with van der Waals surface area (Å²) < 4.78 is 17.1. The summed E-state index contributed by atoms with van der Waals surface area (Å²) in [5.41, 5.74) is 0.817. The Labute approximate surface area is 146 Å². The lowest BCUT2D eigenvalue weighted by atomic mass is 10.2. The molecule has 0 amide bonds. The Balaban J connectivity index is 1.69. The molecule has 0 atom stereocenters. The van der Waals surface area contributed by atoms with Gasteiger partial charge in [-0.2, -0.15) is 0 Å². The van der Waals surface area contributed by atoms with Crippen LogP contribution >= 0.6 is 27.5 Å². The van der Waals surface area contributed by atoms with E-state index in [1.54, 1.807) is 25.3 Å². The molecule has 0 unspecified atom stereocenters. The molecule has 0 bridgehead atoms. The van der Waals surface area contributed by atoms with Gasteiger partial charge in [0.05, 0.1) is 11.6 Å². The Morgan fingerprint density at radius 2 is 1.91 bits per heavy atom. The maximum absolute atomic E-state index is 5.89. The largest absolute Gasteiger partial charge is 0.497 e. The monoisotopic (exact) mass is 394 g/mol. The normalized spacial score (nSPS) is 10.6. The molecule has 3 aromatic rings. The zero-order valence-electron chi connectivity index (χ0n) is 12.1. The first-order valence-corrected chi connectivity index (χ1v) is 7.87. The van der Waals surface area contributed by atoms with Gasteiger partial charge in [-0.25, -0.2) is 0 Å². The van der Waals surface area contributed by atoms with E-state index in [4.69, 9.17) is 25.5 Å². The van der Waals surface area contributed by atoms with Crippen molar-refractivity contribution in [2.24, 2.45) is 0 Å². The molecule has 3 rings (SSSR count). The van der Waals surface area contributed by atoms with Gasteiger partial charge in [0.15, 0.2) is 6.61 Å². The van der Waals surface area contributed by atoms with Crippen molar-refractivity contribution in [1.29, 1.82) is 0 Å². The molecule has 1 heterocycles. The fraction of sp³-hybridized carbons (Fsp3) is 0.125. The average molecular weight is 396 g/mol. The lowest BCUT2D eigenvalue weighted by Crippen LogP contribution is -1.96. The quantitative estimate of drug-likeness (QED) is 0.624. The van der Waals surface area contributed by atoms with E-state index >= 15 is 0 Å². The zero-order chi connectivity index (χ0) is 16.2. The predicted molar refractivity (Wildman–Crippen MR) is 89.8 cm³/mol. The molecule has 0 spiro atoms. The van der Waals surface area contributed by atoms with E-state index < -0.39 is 0 Å². The second-order valence-electron chi connectivity index (χ2n) is 4.59. The number of benzene rings is 2. The molecule has 0 N–H and O–H groups in total. The number of ether oxygens (including phenoxy) is 2. The van der Waals surface area contributed by atoms with Crippen LogP contribution in [0.25, 0.3) is 11.5 Å². The van der Waals surface area contributed by atoms with Crippen LogP contribution in [0, 0.1) is 0 Å². The first kappa shape index (κ1) is 15.8. The van der Waals surface area contributed by atoms with Crippen LogP contribution in [-0.4, -0.2) is 17.3 Å². The van der Waals surface area contributed by atoms with Gasteiger partial charge >= 0.3 is 0 Å². The van der Waals surface area contributed by atoms with Crippen molar-refractivity contribution in [2.45, 2.75) is 6.61 Å². The zero-order valence-corrected chi connectivity index (χ0v) is 14.5. The van der Waals surface area contributed by atoms with E-state index in [1.807, 2.05) is 24.3 Å². The van der Waals surface area contributed by atoms with E-state index in [2.05, 4.69) is 26.1 Å². The summed E-state index contributed by atoms with van der Waals surface area (Å²) in [4.78, 5) is 0. The van der Waals surface area contributed by atoms with E-state index in [9.17, 15) is 0 Å². The SMILES string of the molecule is COc1ccc(-c2nnc(COc3ccc(Cl)cc3Br)o2)cc1. The lowest BCUT2D eigenvalue weighted by molar-refractivity contribution is 0.263. The van der Waals surface area contributed by atoms with E-state index in [0.717, 1.165) is 15.8 Å². The highest BCUT2D eigenvalue weighted by Gasteiger charge is 2.10. The highest BCUT2D eigenvalue weighted by molar-refractivity contribution is 9.10. The summed E-state index contributed by atoms with van der Waals surface area (Å²) in [6.07, 6.45) is 0. The molecule has 0 aliphatic carbocycles. The Morgan fingerprint density at radius 3 is 2.61 bits per heavy atom. The highest BCUT2D eigenvalue weighted by Crippen LogP contribution is 2.29. The fourth-order valence-corrected chi connectivity index (χ4v) is 2.69. The van der Waals surface area contributed by atoms with Gasteiger partial charge in [-0.1, -0.05) is 11.6 Å². The standard InChI is InChI=1S/C16H12BrClN2O3/c1-21-12-5-2-10(3-6-12)16-20-19-15(23-16)9-22-14-7-4-11(18)8-13(14)17/h2-8H,9H2,1H3. The Kier molecular flexibility index (Phi) is 4.83. The van der Waals surface area contributed by atoms with Crippen LogP contribution in [0.2, 0.25) is 5.02 Å². The summed E-state index contributed by atoms with van der Waals surface area (Å²) in [5.74, 6) is 2.24. The number of nitrogens with zero attached hydrogens (tertiary/aromatic N) is 2. The van der Waals surface area contributed by atoms with Gasteiger partial charge in [0.1, 0.15) is 11.5 Å². The minimum Gasteiger partial charge on any atom is -0.497 e. The molecular formula is C16H12BrClN2O3. The minimum atomic E-state index is 0.170. The highest BCUT2D eigenvalue weighted by atomic mass is 79.9. The molecule has 0 aliphatic rings. The number of halogens is 2. The van der Waals surface area contributed by atoms with E-state index in [-0.39, 0.29) is 6.61 Å². The fourth-order valence-electron chi connectivity index (χ4n) is 1.89. The molecule has 2 aromatic carbocycles. The molecule has 1 aromatic heterocycles. The second-order valence-corrected chi connectivity index (χ2v) is 5.88. The second kappa shape index (κ2) is 7.02. The van der Waals surface area contributed by atoms with Gasteiger partial charge in [0, 0.05) is 10.6 Å². The summed E-state index contributed by atoms with van der Waals surface area (Å²) in [7, 11) is 1.62. The average Bonchev–Trinajstić information content (AvgIpc) is 3.03. The number of hydrogen-bond acceptors (Lipinski definition) is 5. The summed E-state index contributed by atoms with van der Waals surface area (Å²) in [6.45, 7) is 0.170. The van der Waals surface area contributed by atoms with Gasteiger partial charge in [0.2, 0.25) is 5.89 Å². The molecule has 7 heteroatoms. The van der Waals surface area contributed by atoms with Crippen molar-refractivity contribution in [3.8, 4) is 23.0 Å². The molecule has 0 fully saturated rings. The molecular weight excluding hydrogens is 384 g/mol. The Hall–Kier alpha value is -2.05. The van der Waals surface area contributed by atoms with Crippen LogP contribution in [0.4, 0.5) is 0 Å². The third kappa shape index (κ3) is 3.83. The van der Waals surface area contributed by atoms with Crippen molar-refractivity contribution in [3.63, 3.8) is 0 Å². The molecule has 118 valence electrons. The van der Waals surface area contributed by atoms with Gasteiger partial charge in [-0.05, 0) is 58.4 Å². The molecule has 5 nitrogen and oxygen atoms in total. The van der Waals surface area contributed by atoms with E-state index in [1.165, 1.54) is 0 Å². The van der Waals surface area contributed by atoms with Crippen molar-refractivity contribution in [1.82, 2.24) is 10.2 Å². The molecule has 0 radical (unpaired) electrons. The van der Waals surface area contributed by atoms with Crippen LogP contribution in [0.3, 0.4) is 0 Å². The smallest absolute Gasteiger partial charge is 0.254 e. The Morgan fingerprint density at radius 1 is 1.13 bits per heavy atom. The third-order valence-electron chi connectivity index (χ3n) is 3.05. The van der Waals surface area contributed by atoms with Gasteiger partial charge < -0.3 is 13.9 Å². The third-order valence-corrected chi connectivity index (χ3v) is 3.90. The van der Waals surface area contributed by atoms with Crippen LogP contribution in [0.15, 0.2) is 51.4 Å². The van der Waals surface area contributed by atoms with Crippen LogP contribution < -0.4 is 9.47 Å². The van der Waals surface area contributed by atoms with Gasteiger partial charge in [-0.3, -0.25) is 0 Å². The molecule has 0 saturated carbocycles. The van der Waals surface area contributed by atoms with E-state index in [0.29, 0.717) is 22.6 Å². The van der Waals surface area contributed by atoms with Crippen molar-refractivity contribution >= 4 is 27.5 Å². The number of rotatable bonds is 5. The first-order valence-electron chi connectivity index (χ1n) is 6.70. The number of methoxy groups -OCH3 is 1. The van der Waals surface area contributed by atoms with Crippen molar-refractivity contribution in [2.75, 3.05) is 7.11 Å². The topological polar surface area (TPSA) is 57.4 Å². The summed E-state index contributed by atoms with van der Waals surface area (Å²) >= 11 is 9.28. The maximum Gasteiger partial charge on any atom is 0.254 e. The first-order chi connectivity index (χ1) is 11.2. The van der Waals surface area contributed by atoms with Crippen molar-refractivity contribution in [3.05, 3.63) is 57.9 Å². The lowest BCUT2D eigenvalue weighted by Gasteiger charge is -2.05. The summed E-state index contributed by atoms with van der Waals surface area (Å²) in [5, 5.41) is 8.63. The molecule has 0 aliphatic heterocycles. The molecule has 0 saturated heterocycles. The van der Waals surface area contributed by atoms with Crippen LogP contribution in [0.1, 0.15) is 5.89 Å².